The standard InChI is InChI=1S/C9H8BrClO3/c1-2-14-6-4-3-5(10)7(8(6)11)9(12)13/h3-4H,2H2,1H3,(H,12,13). The molecule has 0 aromatic heterocycles. The summed E-state index contributed by atoms with van der Waals surface area (Å²) < 4.78 is 5.61. The summed E-state index contributed by atoms with van der Waals surface area (Å²) in [4.78, 5) is 10.8. The van der Waals surface area contributed by atoms with Crippen molar-refractivity contribution in [1.82, 2.24) is 0 Å². The van der Waals surface area contributed by atoms with Crippen LogP contribution in [0.15, 0.2) is 16.6 Å². The van der Waals surface area contributed by atoms with Crippen molar-refractivity contribution in [1.29, 1.82) is 0 Å². The molecule has 0 bridgehead atoms. The first-order valence-electron chi connectivity index (χ1n) is 3.92. The van der Waals surface area contributed by atoms with E-state index in [2.05, 4.69) is 15.9 Å². The highest BCUT2D eigenvalue weighted by molar-refractivity contribution is 9.10. The van der Waals surface area contributed by atoms with E-state index < -0.39 is 5.97 Å². The third-order valence-electron chi connectivity index (χ3n) is 1.57. The van der Waals surface area contributed by atoms with Crippen molar-refractivity contribution in [2.75, 3.05) is 6.61 Å². The zero-order valence-corrected chi connectivity index (χ0v) is 9.72. The molecule has 0 saturated carbocycles. The van der Waals surface area contributed by atoms with Gasteiger partial charge in [0.1, 0.15) is 5.75 Å². The van der Waals surface area contributed by atoms with E-state index in [0.717, 1.165) is 0 Å². The molecular weight excluding hydrogens is 271 g/mol. The van der Waals surface area contributed by atoms with Crippen LogP contribution in [0.5, 0.6) is 5.75 Å². The van der Waals surface area contributed by atoms with Gasteiger partial charge in [0.05, 0.1) is 17.2 Å². The van der Waals surface area contributed by atoms with E-state index >= 15 is 0 Å². The number of ether oxygens (including phenoxy) is 1. The topological polar surface area (TPSA) is 46.5 Å². The van der Waals surface area contributed by atoms with E-state index in [0.29, 0.717) is 16.8 Å². The monoisotopic (exact) mass is 278 g/mol. The van der Waals surface area contributed by atoms with Crippen molar-refractivity contribution in [3.8, 4) is 5.75 Å². The summed E-state index contributed by atoms with van der Waals surface area (Å²) in [5.41, 5.74) is 0.0256. The highest BCUT2D eigenvalue weighted by Crippen LogP contribution is 2.33. The summed E-state index contributed by atoms with van der Waals surface area (Å²) in [7, 11) is 0. The van der Waals surface area contributed by atoms with Crippen LogP contribution in [0.25, 0.3) is 0 Å². The molecule has 14 heavy (non-hydrogen) atoms. The van der Waals surface area contributed by atoms with Crippen LogP contribution in [0, 0.1) is 0 Å². The Hall–Kier alpha value is -0.740. The Labute approximate surface area is 94.8 Å². The quantitative estimate of drug-likeness (QED) is 0.924. The number of hydrogen-bond donors (Lipinski definition) is 1. The molecule has 0 spiro atoms. The van der Waals surface area contributed by atoms with Gasteiger partial charge in [0.2, 0.25) is 0 Å². The van der Waals surface area contributed by atoms with Crippen LogP contribution in [0.1, 0.15) is 17.3 Å². The maximum absolute atomic E-state index is 10.8. The molecule has 0 aliphatic rings. The molecule has 76 valence electrons. The van der Waals surface area contributed by atoms with Gasteiger partial charge in [-0.1, -0.05) is 11.6 Å². The average molecular weight is 280 g/mol. The predicted molar refractivity (Wildman–Crippen MR) is 57.3 cm³/mol. The molecule has 0 heterocycles. The molecule has 0 unspecified atom stereocenters. The molecule has 1 aromatic rings. The van der Waals surface area contributed by atoms with Crippen LogP contribution in [-0.2, 0) is 0 Å². The lowest BCUT2D eigenvalue weighted by molar-refractivity contribution is 0.0695. The first kappa shape index (κ1) is 11.3. The maximum atomic E-state index is 10.8. The molecule has 5 heteroatoms. The largest absolute Gasteiger partial charge is 0.492 e. The molecule has 3 nitrogen and oxygen atoms in total. The van der Waals surface area contributed by atoms with Crippen molar-refractivity contribution >= 4 is 33.5 Å². The number of carboxylic acids is 1. The fraction of sp³-hybridized carbons (Fsp3) is 0.222. The number of rotatable bonds is 3. The number of carbonyl (C=O) groups is 1. The summed E-state index contributed by atoms with van der Waals surface area (Å²) in [5, 5.41) is 8.99. The molecule has 1 N–H and O–H groups in total. The minimum absolute atomic E-state index is 0.0256. The molecule has 0 atom stereocenters. The van der Waals surface area contributed by atoms with Gasteiger partial charge in [-0.05, 0) is 35.0 Å². The number of aromatic carboxylic acids is 1. The third-order valence-corrected chi connectivity index (χ3v) is 2.61. The number of halogens is 2. The van der Waals surface area contributed by atoms with Gasteiger partial charge in [0.15, 0.2) is 0 Å². The van der Waals surface area contributed by atoms with Gasteiger partial charge in [-0.15, -0.1) is 0 Å². The van der Waals surface area contributed by atoms with Crippen molar-refractivity contribution < 1.29 is 14.6 Å². The van der Waals surface area contributed by atoms with Gasteiger partial charge in [0.25, 0.3) is 0 Å². The molecule has 0 saturated heterocycles. The SMILES string of the molecule is CCOc1ccc(Br)c(C(=O)O)c1Cl. The molecular formula is C9H8BrClO3. The van der Waals surface area contributed by atoms with E-state index in [1.54, 1.807) is 19.1 Å². The normalized spacial score (nSPS) is 9.93. The van der Waals surface area contributed by atoms with Crippen LogP contribution in [-0.4, -0.2) is 17.7 Å². The maximum Gasteiger partial charge on any atom is 0.338 e. The first-order valence-corrected chi connectivity index (χ1v) is 5.09. The minimum atomic E-state index is -1.08. The molecule has 1 aromatic carbocycles. The Morgan fingerprint density at radius 2 is 2.29 bits per heavy atom. The Morgan fingerprint density at radius 1 is 1.64 bits per heavy atom. The fourth-order valence-corrected chi connectivity index (χ4v) is 1.91. The Morgan fingerprint density at radius 3 is 2.79 bits per heavy atom. The van der Waals surface area contributed by atoms with Crippen LogP contribution in [0.3, 0.4) is 0 Å². The van der Waals surface area contributed by atoms with E-state index in [1.165, 1.54) is 0 Å². The van der Waals surface area contributed by atoms with Crippen molar-refractivity contribution in [2.24, 2.45) is 0 Å². The van der Waals surface area contributed by atoms with E-state index in [9.17, 15) is 4.79 Å². The molecule has 0 aliphatic heterocycles. The lowest BCUT2D eigenvalue weighted by Crippen LogP contribution is -2.01. The first-order chi connectivity index (χ1) is 6.57. The van der Waals surface area contributed by atoms with Gasteiger partial charge >= 0.3 is 5.97 Å². The van der Waals surface area contributed by atoms with Gasteiger partial charge in [-0.3, -0.25) is 0 Å². The van der Waals surface area contributed by atoms with Gasteiger partial charge in [0, 0.05) is 4.47 Å². The number of hydrogen-bond acceptors (Lipinski definition) is 2. The lowest BCUT2D eigenvalue weighted by atomic mass is 10.2. The van der Waals surface area contributed by atoms with Gasteiger partial charge < -0.3 is 9.84 Å². The summed E-state index contributed by atoms with van der Waals surface area (Å²) in [6, 6.07) is 3.22. The number of benzene rings is 1. The van der Waals surface area contributed by atoms with E-state index in [1.807, 2.05) is 0 Å². The molecule has 0 amide bonds. The summed E-state index contributed by atoms with van der Waals surface area (Å²) in [5.74, 6) is -0.696. The molecule has 0 fully saturated rings. The zero-order chi connectivity index (χ0) is 10.7. The second-order valence-corrected chi connectivity index (χ2v) is 3.70. The highest BCUT2D eigenvalue weighted by atomic mass is 79.9. The van der Waals surface area contributed by atoms with Gasteiger partial charge in [-0.25, -0.2) is 4.79 Å². The highest BCUT2D eigenvalue weighted by Gasteiger charge is 2.16. The molecule has 1 rings (SSSR count). The Bertz CT molecular complexity index is 365. The van der Waals surface area contributed by atoms with E-state index in [4.69, 9.17) is 21.4 Å². The van der Waals surface area contributed by atoms with Crippen LogP contribution in [0.2, 0.25) is 5.02 Å². The van der Waals surface area contributed by atoms with Crippen LogP contribution < -0.4 is 4.74 Å². The predicted octanol–water partition coefficient (Wildman–Crippen LogP) is 3.20. The van der Waals surface area contributed by atoms with Crippen molar-refractivity contribution in [2.45, 2.75) is 6.92 Å². The number of carboxylic acid groups (broad SMARTS) is 1. The molecule has 0 radical (unpaired) electrons. The third kappa shape index (κ3) is 2.19. The zero-order valence-electron chi connectivity index (χ0n) is 7.38. The minimum Gasteiger partial charge on any atom is -0.492 e. The van der Waals surface area contributed by atoms with Gasteiger partial charge in [-0.2, -0.15) is 0 Å². The second-order valence-electron chi connectivity index (χ2n) is 2.47. The molecule has 0 aliphatic carbocycles. The fourth-order valence-electron chi connectivity index (χ4n) is 0.996. The van der Waals surface area contributed by atoms with E-state index in [-0.39, 0.29) is 10.6 Å². The summed E-state index contributed by atoms with van der Waals surface area (Å²) in [6.07, 6.45) is 0. The second kappa shape index (κ2) is 4.66. The smallest absolute Gasteiger partial charge is 0.338 e. The van der Waals surface area contributed by atoms with Crippen molar-refractivity contribution in [3.63, 3.8) is 0 Å². The Kier molecular flexibility index (Phi) is 3.77. The van der Waals surface area contributed by atoms with Crippen LogP contribution >= 0.6 is 27.5 Å². The summed E-state index contributed by atoms with van der Waals surface area (Å²) in [6.45, 7) is 2.25. The summed E-state index contributed by atoms with van der Waals surface area (Å²) >= 11 is 8.96. The average Bonchev–Trinajstić information content (AvgIpc) is 2.10. The van der Waals surface area contributed by atoms with Crippen LogP contribution in [0.4, 0.5) is 0 Å². The van der Waals surface area contributed by atoms with Crippen molar-refractivity contribution in [3.05, 3.63) is 27.2 Å². The lowest BCUT2D eigenvalue weighted by Gasteiger charge is -2.08. The Balaban J connectivity index is 3.26.